The Labute approximate surface area is 95.0 Å². The lowest BCUT2D eigenvalue weighted by atomic mass is 9.71. The first kappa shape index (κ1) is 10.2. The molecule has 88 valence electrons. The molecule has 1 aromatic heterocycles. The van der Waals surface area contributed by atoms with Crippen molar-refractivity contribution >= 4 is 0 Å². The summed E-state index contributed by atoms with van der Waals surface area (Å²) in [4.78, 5) is 4.30. The summed E-state index contributed by atoms with van der Waals surface area (Å²) in [5.41, 5.74) is 6.09. The molecule has 0 saturated carbocycles. The van der Waals surface area contributed by atoms with Crippen molar-refractivity contribution in [3.05, 3.63) is 12.2 Å². The number of ether oxygens (including phenoxy) is 1. The number of hydrogen-bond donors (Lipinski definition) is 1. The van der Waals surface area contributed by atoms with Gasteiger partial charge in [-0.3, -0.25) is 4.68 Å². The molecule has 3 rings (SSSR count). The number of aryl methyl sites for hydroxylation is 1. The van der Waals surface area contributed by atoms with Gasteiger partial charge in [0.15, 0.2) is 0 Å². The molecule has 3 atom stereocenters. The average molecular weight is 222 g/mol. The molecular formula is C11H18N4O. The van der Waals surface area contributed by atoms with Crippen LogP contribution in [0.5, 0.6) is 0 Å². The highest BCUT2D eigenvalue weighted by molar-refractivity contribution is 5.06. The third-order valence-electron chi connectivity index (χ3n) is 4.15. The standard InChI is InChI=1S/C11H18N4O/c1-15-10(13-7-14-15)5-11(6-12)4-8-2-3-9(11)16-8/h7-9H,2-6,12H2,1H3. The Hall–Kier alpha value is -0.940. The van der Waals surface area contributed by atoms with E-state index in [0.717, 1.165) is 25.1 Å². The van der Waals surface area contributed by atoms with Gasteiger partial charge in [-0.05, 0) is 19.3 Å². The maximum atomic E-state index is 5.98. The van der Waals surface area contributed by atoms with Crippen LogP contribution in [-0.2, 0) is 18.2 Å². The summed E-state index contributed by atoms with van der Waals surface area (Å²) in [6.45, 7) is 0.682. The van der Waals surface area contributed by atoms with Gasteiger partial charge < -0.3 is 10.5 Å². The molecule has 2 N–H and O–H groups in total. The number of aromatic nitrogens is 3. The molecule has 2 fully saturated rings. The maximum Gasteiger partial charge on any atom is 0.138 e. The predicted molar refractivity (Wildman–Crippen MR) is 58.7 cm³/mol. The van der Waals surface area contributed by atoms with E-state index in [1.54, 1.807) is 6.33 Å². The van der Waals surface area contributed by atoms with Gasteiger partial charge in [0.05, 0.1) is 12.2 Å². The zero-order valence-electron chi connectivity index (χ0n) is 9.59. The van der Waals surface area contributed by atoms with E-state index >= 15 is 0 Å². The van der Waals surface area contributed by atoms with Crippen molar-refractivity contribution in [2.24, 2.45) is 18.2 Å². The lowest BCUT2D eigenvalue weighted by molar-refractivity contribution is 0.0625. The van der Waals surface area contributed by atoms with E-state index in [1.165, 1.54) is 6.42 Å². The molecule has 0 radical (unpaired) electrons. The van der Waals surface area contributed by atoms with Crippen molar-refractivity contribution in [3.8, 4) is 0 Å². The fourth-order valence-electron chi connectivity index (χ4n) is 3.16. The van der Waals surface area contributed by atoms with E-state index in [2.05, 4.69) is 10.1 Å². The summed E-state index contributed by atoms with van der Waals surface area (Å²) in [7, 11) is 1.93. The molecule has 3 heterocycles. The molecule has 2 bridgehead atoms. The fraction of sp³-hybridized carbons (Fsp3) is 0.818. The molecule has 16 heavy (non-hydrogen) atoms. The van der Waals surface area contributed by atoms with E-state index in [-0.39, 0.29) is 5.41 Å². The molecule has 5 heteroatoms. The fourth-order valence-corrected chi connectivity index (χ4v) is 3.16. The minimum Gasteiger partial charge on any atom is -0.374 e. The third kappa shape index (κ3) is 1.38. The van der Waals surface area contributed by atoms with Crippen LogP contribution in [0, 0.1) is 5.41 Å². The van der Waals surface area contributed by atoms with Crippen molar-refractivity contribution in [3.63, 3.8) is 0 Å². The first-order chi connectivity index (χ1) is 7.73. The number of nitrogens with two attached hydrogens (primary N) is 1. The second-order valence-electron chi connectivity index (χ2n) is 5.07. The van der Waals surface area contributed by atoms with Gasteiger partial charge in [0.2, 0.25) is 0 Å². The molecule has 2 aliphatic rings. The average Bonchev–Trinajstić information content (AvgIpc) is 2.96. The third-order valence-corrected chi connectivity index (χ3v) is 4.15. The molecule has 0 aromatic carbocycles. The van der Waals surface area contributed by atoms with Crippen LogP contribution in [0.2, 0.25) is 0 Å². The van der Waals surface area contributed by atoms with Crippen molar-refractivity contribution in [2.45, 2.75) is 37.9 Å². The van der Waals surface area contributed by atoms with Gasteiger partial charge in [-0.2, -0.15) is 5.10 Å². The van der Waals surface area contributed by atoms with Crippen molar-refractivity contribution < 1.29 is 4.74 Å². The Morgan fingerprint density at radius 3 is 3.00 bits per heavy atom. The molecule has 0 aliphatic carbocycles. The van der Waals surface area contributed by atoms with Crippen LogP contribution in [0.3, 0.4) is 0 Å². The van der Waals surface area contributed by atoms with Crippen LogP contribution in [-0.4, -0.2) is 33.5 Å². The first-order valence-corrected chi connectivity index (χ1v) is 5.92. The highest BCUT2D eigenvalue weighted by atomic mass is 16.5. The Kier molecular flexibility index (Phi) is 2.26. The molecule has 0 amide bonds. The van der Waals surface area contributed by atoms with E-state index < -0.39 is 0 Å². The Balaban J connectivity index is 1.84. The maximum absolute atomic E-state index is 5.98. The largest absolute Gasteiger partial charge is 0.374 e. The number of fused-ring (bicyclic) bond motifs is 2. The highest BCUT2D eigenvalue weighted by Gasteiger charge is 2.51. The van der Waals surface area contributed by atoms with Gasteiger partial charge in [0.1, 0.15) is 12.2 Å². The summed E-state index contributed by atoms with van der Waals surface area (Å²) in [5.74, 6) is 1.02. The second-order valence-corrected chi connectivity index (χ2v) is 5.07. The quantitative estimate of drug-likeness (QED) is 0.796. The van der Waals surface area contributed by atoms with Gasteiger partial charge in [0.25, 0.3) is 0 Å². The lowest BCUT2D eigenvalue weighted by Crippen LogP contribution is -2.42. The van der Waals surface area contributed by atoms with Crippen LogP contribution < -0.4 is 5.73 Å². The zero-order chi connectivity index (χ0) is 11.2. The molecule has 0 spiro atoms. The van der Waals surface area contributed by atoms with Crippen molar-refractivity contribution in [1.29, 1.82) is 0 Å². The summed E-state index contributed by atoms with van der Waals surface area (Å²) >= 11 is 0. The van der Waals surface area contributed by atoms with Gasteiger partial charge in [-0.15, -0.1) is 0 Å². The van der Waals surface area contributed by atoms with Crippen LogP contribution in [0.4, 0.5) is 0 Å². The molecule has 5 nitrogen and oxygen atoms in total. The monoisotopic (exact) mass is 222 g/mol. The number of nitrogens with zero attached hydrogens (tertiary/aromatic N) is 3. The predicted octanol–water partition coefficient (Wildman–Crippen LogP) is 0.254. The van der Waals surface area contributed by atoms with Gasteiger partial charge in [0, 0.05) is 25.4 Å². The van der Waals surface area contributed by atoms with Crippen LogP contribution in [0.15, 0.2) is 6.33 Å². The van der Waals surface area contributed by atoms with E-state index in [9.17, 15) is 0 Å². The van der Waals surface area contributed by atoms with Crippen LogP contribution in [0.1, 0.15) is 25.1 Å². The molecule has 2 saturated heterocycles. The molecule has 3 unspecified atom stereocenters. The van der Waals surface area contributed by atoms with E-state index in [0.29, 0.717) is 18.8 Å². The number of hydrogen-bond acceptors (Lipinski definition) is 4. The lowest BCUT2D eigenvalue weighted by Gasteiger charge is -2.33. The van der Waals surface area contributed by atoms with Crippen LogP contribution >= 0.6 is 0 Å². The van der Waals surface area contributed by atoms with Crippen LogP contribution in [0.25, 0.3) is 0 Å². The topological polar surface area (TPSA) is 66.0 Å². The van der Waals surface area contributed by atoms with E-state index in [1.807, 2.05) is 11.7 Å². The van der Waals surface area contributed by atoms with Gasteiger partial charge >= 0.3 is 0 Å². The van der Waals surface area contributed by atoms with Crippen molar-refractivity contribution in [2.75, 3.05) is 6.54 Å². The smallest absolute Gasteiger partial charge is 0.138 e. The summed E-state index contributed by atoms with van der Waals surface area (Å²) in [5, 5.41) is 4.11. The summed E-state index contributed by atoms with van der Waals surface area (Å²) in [6.07, 6.45) is 6.70. The molecule has 2 aliphatic heterocycles. The molecular weight excluding hydrogens is 204 g/mol. The van der Waals surface area contributed by atoms with Gasteiger partial charge in [-0.1, -0.05) is 0 Å². The SMILES string of the molecule is Cn1ncnc1CC1(CN)CC2CCC1O2. The Bertz CT molecular complexity index is 391. The first-order valence-electron chi connectivity index (χ1n) is 5.92. The zero-order valence-corrected chi connectivity index (χ0v) is 9.59. The Morgan fingerprint density at radius 2 is 2.50 bits per heavy atom. The Morgan fingerprint density at radius 1 is 1.62 bits per heavy atom. The van der Waals surface area contributed by atoms with E-state index in [4.69, 9.17) is 10.5 Å². The van der Waals surface area contributed by atoms with Crippen molar-refractivity contribution in [1.82, 2.24) is 14.8 Å². The minimum atomic E-state index is 0.101. The minimum absolute atomic E-state index is 0.101. The normalized spacial score (nSPS) is 37.1. The molecule has 1 aromatic rings. The summed E-state index contributed by atoms with van der Waals surface area (Å²) < 4.78 is 7.77. The summed E-state index contributed by atoms with van der Waals surface area (Å²) in [6, 6.07) is 0. The van der Waals surface area contributed by atoms with Gasteiger partial charge in [-0.25, -0.2) is 4.98 Å². The second kappa shape index (κ2) is 3.53. The number of rotatable bonds is 3. The highest BCUT2D eigenvalue weighted by Crippen LogP contribution is 2.48.